The van der Waals surface area contributed by atoms with Crippen molar-refractivity contribution in [3.05, 3.63) is 66.4 Å². The van der Waals surface area contributed by atoms with Crippen LogP contribution in [0.2, 0.25) is 0 Å². The number of rotatable bonds is 4. The Bertz CT molecular complexity index is 572. The van der Waals surface area contributed by atoms with Crippen molar-refractivity contribution >= 4 is 11.5 Å². The number of ketones is 1. The summed E-state index contributed by atoms with van der Waals surface area (Å²) in [4.78, 5) is 11.8. The Morgan fingerprint density at radius 3 is 2.56 bits per heavy atom. The van der Waals surface area contributed by atoms with Crippen LogP contribution in [0, 0.1) is 0 Å². The van der Waals surface area contributed by atoms with Gasteiger partial charge in [-0.05, 0) is 24.3 Å². The monoisotopic (exact) mass is 242 g/mol. The third kappa shape index (κ3) is 2.70. The quantitative estimate of drug-likeness (QED) is 0.385. The van der Waals surface area contributed by atoms with Crippen molar-refractivity contribution in [2.75, 3.05) is 0 Å². The van der Waals surface area contributed by atoms with Crippen LogP contribution in [0.4, 0.5) is 5.69 Å². The van der Waals surface area contributed by atoms with Crippen LogP contribution in [-0.2, 0) is 0 Å². The average Bonchev–Trinajstić information content (AvgIpc) is 2.94. The maximum absolute atomic E-state index is 11.8. The number of aliphatic hydroxyl groups excluding tert-OH is 1. The first-order valence-electron chi connectivity index (χ1n) is 5.20. The minimum atomic E-state index is -0.526. The van der Waals surface area contributed by atoms with Gasteiger partial charge in [0, 0.05) is 0 Å². The summed E-state index contributed by atoms with van der Waals surface area (Å²) in [5.74, 6) is -0.426. The van der Waals surface area contributed by atoms with Gasteiger partial charge in [-0.3, -0.25) is 4.79 Å². The zero-order valence-electron chi connectivity index (χ0n) is 9.35. The Balaban J connectivity index is 2.16. The van der Waals surface area contributed by atoms with E-state index in [4.69, 9.17) is 9.52 Å². The maximum atomic E-state index is 11.8. The van der Waals surface area contributed by atoms with Gasteiger partial charge in [0.1, 0.15) is 6.26 Å². The number of carbonyl (C=O) groups is 1. The van der Waals surface area contributed by atoms with E-state index < -0.39 is 5.78 Å². The van der Waals surface area contributed by atoms with Crippen LogP contribution in [0.3, 0.4) is 0 Å². The first-order valence-corrected chi connectivity index (χ1v) is 5.20. The van der Waals surface area contributed by atoms with Crippen LogP contribution in [0.25, 0.3) is 0 Å². The topological polar surface area (TPSA) is 75.2 Å². The summed E-state index contributed by atoms with van der Waals surface area (Å²) in [7, 11) is 0. The van der Waals surface area contributed by atoms with E-state index in [1.165, 1.54) is 12.3 Å². The van der Waals surface area contributed by atoms with Crippen molar-refractivity contribution in [3.8, 4) is 0 Å². The van der Waals surface area contributed by atoms with Crippen LogP contribution in [-0.4, -0.2) is 10.9 Å². The van der Waals surface area contributed by atoms with Gasteiger partial charge in [-0.2, -0.15) is 5.11 Å². The predicted molar refractivity (Wildman–Crippen MR) is 64.7 cm³/mol. The number of nitrogens with zero attached hydrogens (tertiary/aromatic N) is 2. The minimum Gasteiger partial charge on any atom is -0.513 e. The SMILES string of the molecule is O=C(/C(=C\O)N=Nc1ccccc1)c1ccco1. The Morgan fingerprint density at radius 1 is 1.17 bits per heavy atom. The van der Waals surface area contributed by atoms with Gasteiger partial charge in [0.2, 0.25) is 0 Å². The van der Waals surface area contributed by atoms with Crippen molar-refractivity contribution in [2.24, 2.45) is 10.2 Å². The molecule has 5 nitrogen and oxygen atoms in total. The Labute approximate surface area is 103 Å². The molecular weight excluding hydrogens is 232 g/mol. The van der Waals surface area contributed by atoms with Crippen molar-refractivity contribution < 1.29 is 14.3 Å². The molecule has 0 fully saturated rings. The highest BCUT2D eigenvalue weighted by atomic mass is 16.3. The molecule has 2 aromatic rings. The molecule has 1 heterocycles. The van der Waals surface area contributed by atoms with Gasteiger partial charge in [0.05, 0.1) is 12.0 Å². The fourth-order valence-corrected chi connectivity index (χ4v) is 1.27. The molecule has 0 unspecified atom stereocenters. The number of allylic oxidation sites excluding steroid dienone is 1. The smallest absolute Gasteiger partial charge is 0.251 e. The molecule has 18 heavy (non-hydrogen) atoms. The molecule has 0 spiro atoms. The fourth-order valence-electron chi connectivity index (χ4n) is 1.27. The number of hydrogen-bond acceptors (Lipinski definition) is 5. The molecule has 0 saturated carbocycles. The highest BCUT2D eigenvalue weighted by molar-refractivity contribution is 6.06. The summed E-state index contributed by atoms with van der Waals surface area (Å²) < 4.78 is 4.93. The molecule has 0 atom stereocenters. The molecule has 1 aromatic carbocycles. The number of carbonyl (C=O) groups excluding carboxylic acids is 1. The molecule has 0 radical (unpaired) electrons. The largest absolute Gasteiger partial charge is 0.513 e. The van der Waals surface area contributed by atoms with Gasteiger partial charge in [-0.25, -0.2) is 0 Å². The molecule has 2 rings (SSSR count). The maximum Gasteiger partial charge on any atom is 0.251 e. The lowest BCUT2D eigenvalue weighted by atomic mass is 10.2. The number of Topliss-reactive ketones (excluding diaryl/α,β-unsaturated/α-hetero) is 1. The normalized spacial score (nSPS) is 11.9. The lowest BCUT2D eigenvalue weighted by Crippen LogP contribution is -1.99. The predicted octanol–water partition coefficient (Wildman–Crippen LogP) is 3.65. The summed E-state index contributed by atoms with van der Waals surface area (Å²) in [6, 6.07) is 12.0. The Hall–Kier alpha value is -2.69. The summed E-state index contributed by atoms with van der Waals surface area (Å²) in [6.45, 7) is 0. The van der Waals surface area contributed by atoms with Gasteiger partial charge in [-0.15, -0.1) is 5.11 Å². The molecule has 0 bridgehead atoms. The number of benzene rings is 1. The third-order valence-corrected chi connectivity index (χ3v) is 2.13. The van der Waals surface area contributed by atoms with E-state index in [9.17, 15) is 4.79 Å². The molecular formula is C13H10N2O3. The zero-order chi connectivity index (χ0) is 12.8. The second-order valence-corrected chi connectivity index (χ2v) is 3.36. The summed E-state index contributed by atoms with van der Waals surface area (Å²) in [5, 5.41) is 16.5. The highest BCUT2D eigenvalue weighted by Gasteiger charge is 2.14. The third-order valence-electron chi connectivity index (χ3n) is 2.13. The molecule has 1 N–H and O–H groups in total. The first kappa shape index (κ1) is 11.8. The lowest BCUT2D eigenvalue weighted by Gasteiger charge is -1.95. The molecule has 0 aliphatic carbocycles. The second kappa shape index (κ2) is 5.58. The Morgan fingerprint density at radius 2 is 1.94 bits per heavy atom. The molecule has 1 aromatic heterocycles. The van der Waals surface area contributed by atoms with Crippen LogP contribution >= 0.6 is 0 Å². The van der Waals surface area contributed by atoms with E-state index in [1.807, 2.05) is 6.07 Å². The lowest BCUT2D eigenvalue weighted by molar-refractivity contribution is 0.0999. The van der Waals surface area contributed by atoms with Crippen LogP contribution < -0.4 is 0 Å². The summed E-state index contributed by atoms with van der Waals surface area (Å²) >= 11 is 0. The zero-order valence-corrected chi connectivity index (χ0v) is 9.35. The number of azo groups is 1. The molecule has 90 valence electrons. The van der Waals surface area contributed by atoms with Gasteiger partial charge in [0.15, 0.2) is 11.5 Å². The summed E-state index contributed by atoms with van der Waals surface area (Å²) in [5.41, 5.74) is 0.401. The molecule has 0 saturated heterocycles. The van der Waals surface area contributed by atoms with Gasteiger partial charge in [0.25, 0.3) is 5.78 Å². The van der Waals surface area contributed by atoms with Gasteiger partial charge < -0.3 is 9.52 Å². The van der Waals surface area contributed by atoms with Crippen molar-refractivity contribution in [3.63, 3.8) is 0 Å². The van der Waals surface area contributed by atoms with E-state index in [-0.39, 0.29) is 11.5 Å². The number of hydrogen-bond donors (Lipinski definition) is 1. The second-order valence-electron chi connectivity index (χ2n) is 3.36. The Kier molecular flexibility index (Phi) is 3.66. The molecule has 0 aliphatic rings. The standard InChI is InChI=1S/C13H10N2O3/c16-9-11(13(17)12-7-4-8-18-12)15-14-10-5-2-1-3-6-10/h1-9,16H/b11-9+,15-14?. The molecule has 5 heteroatoms. The van der Waals surface area contributed by atoms with Crippen molar-refractivity contribution in [2.45, 2.75) is 0 Å². The first-order chi connectivity index (χ1) is 8.81. The van der Waals surface area contributed by atoms with Crippen molar-refractivity contribution in [1.29, 1.82) is 0 Å². The van der Waals surface area contributed by atoms with E-state index >= 15 is 0 Å². The van der Waals surface area contributed by atoms with E-state index in [0.29, 0.717) is 11.9 Å². The van der Waals surface area contributed by atoms with Crippen molar-refractivity contribution in [1.82, 2.24) is 0 Å². The fraction of sp³-hybridized carbons (Fsp3) is 0. The summed E-state index contributed by atoms with van der Waals surface area (Å²) in [6.07, 6.45) is 1.98. The highest BCUT2D eigenvalue weighted by Crippen LogP contribution is 2.15. The van der Waals surface area contributed by atoms with Gasteiger partial charge >= 0.3 is 0 Å². The molecule has 0 amide bonds. The van der Waals surface area contributed by atoms with E-state index in [0.717, 1.165) is 0 Å². The minimum absolute atomic E-state index is 0.0994. The van der Waals surface area contributed by atoms with Gasteiger partial charge in [-0.1, -0.05) is 18.2 Å². The average molecular weight is 242 g/mol. The number of aliphatic hydroxyl groups is 1. The van der Waals surface area contributed by atoms with Crippen LogP contribution in [0.5, 0.6) is 0 Å². The number of furan rings is 1. The van der Waals surface area contributed by atoms with Crippen LogP contribution in [0.1, 0.15) is 10.6 Å². The molecule has 0 aliphatic heterocycles. The van der Waals surface area contributed by atoms with E-state index in [1.54, 1.807) is 30.3 Å². The van der Waals surface area contributed by atoms with E-state index in [2.05, 4.69) is 10.2 Å². The van der Waals surface area contributed by atoms with Crippen LogP contribution in [0.15, 0.2) is 75.3 Å².